The minimum atomic E-state index is -0.548. The molecule has 1 aliphatic heterocycles. The van der Waals surface area contributed by atoms with Crippen molar-refractivity contribution in [3.63, 3.8) is 0 Å². The highest BCUT2D eigenvalue weighted by Crippen LogP contribution is 2.27. The first kappa shape index (κ1) is 11.6. The van der Waals surface area contributed by atoms with Gasteiger partial charge in [0.2, 0.25) is 0 Å². The number of carbonyl (C=O) groups is 1. The molecule has 88 valence electrons. The second kappa shape index (κ2) is 4.17. The van der Waals surface area contributed by atoms with Gasteiger partial charge < -0.3 is 4.42 Å². The molecule has 0 aromatic rings. The van der Waals surface area contributed by atoms with Crippen LogP contribution in [0, 0.1) is 0 Å². The number of ketones is 1. The summed E-state index contributed by atoms with van der Waals surface area (Å²) in [7, 11) is 0. The van der Waals surface area contributed by atoms with Crippen molar-refractivity contribution < 1.29 is 9.21 Å². The van der Waals surface area contributed by atoms with Crippen molar-refractivity contribution in [2.24, 2.45) is 0 Å². The molecule has 0 bridgehead atoms. The molecule has 0 spiro atoms. The van der Waals surface area contributed by atoms with Crippen molar-refractivity contribution >= 4 is 5.78 Å². The number of carbonyl (C=O) groups excluding carboxylic acids is 1. The molecule has 0 radical (unpaired) electrons. The maximum atomic E-state index is 11.6. The Kier molecular flexibility index (Phi) is 2.84. The summed E-state index contributed by atoms with van der Waals surface area (Å²) >= 11 is 0. The van der Waals surface area contributed by atoms with Gasteiger partial charge in [0.05, 0.1) is 0 Å². The predicted molar refractivity (Wildman–Crippen MR) is 65.7 cm³/mol. The molecular formula is C14H14O3. The molecule has 3 heteroatoms. The van der Waals surface area contributed by atoms with Crippen LogP contribution in [0.3, 0.4) is 0 Å². The van der Waals surface area contributed by atoms with E-state index in [1.165, 1.54) is 6.92 Å². The van der Waals surface area contributed by atoms with Crippen LogP contribution in [0.25, 0.3) is 11.3 Å². The Balaban J connectivity index is 2.73. The van der Waals surface area contributed by atoms with Crippen LogP contribution in [0.2, 0.25) is 0 Å². The van der Waals surface area contributed by atoms with E-state index in [1.807, 2.05) is 18.2 Å². The Bertz CT molecular complexity index is 593. The molecule has 1 heterocycles. The van der Waals surface area contributed by atoms with Gasteiger partial charge in [-0.15, -0.1) is 0 Å². The van der Waals surface area contributed by atoms with Crippen molar-refractivity contribution in [1.82, 2.24) is 0 Å². The van der Waals surface area contributed by atoms with E-state index >= 15 is 0 Å². The van der Waals surface area contributed by atoms with Gasteiger partial charge >= 0.3 is 5.63 Å². The van der Waals surface area contributed by atoms with Crippen LogP contribution in [-0.4, -0.2) is 5.78 Å². The molecule has 0 aromatic carbocycles. The molecule has 0 amide bonds. The van der Waals surface area contributed by atoms with Crippen molar-refractivity contribution in [3.05, 3.63) is 45.8 Å². The third-order valence-corrected chi connectivity index (χ3v) is 2.81. The molecule has 2 rings (SSSR count). The SMILES string of the molecule is CC(=O)c1c2cccc(C(C)C)cc-2oc1=O. The highest BCUT2D eigenvalue weighted by atomic mass is 16.4. The summed E-state index contributed by atoms with van der Waals surface area (Å²) in [6.45, 7) is 5.50. The van der Waals surface area contributed by atoms with E-state index in [9.17, 15) is 9.59 Å². The van der Waals surface area contributed by atoms with E-state index in [0.29, 0.717) is 17.2 Å². The smallest absolute Gasteiger partial charge is 0.347 e. The molecule has 0 unspecified atom stereocenters. The predicted octanol–water partition coefficient (Wildman–Crippen LogP) is 3.07. The van der Waals surface area contributed by atoms with Crippen molar-refractivity contribution in [2.75, 3.05) is 0 Å². The molecule has 0 fully saturated rings. The van der Waals surface area contributed by atoms with Crippen LogP contribution in [0.5, 0.6) is 0 Å². The third-order valence-electron chi connectivity index (χ3n) is 2.81. The van der Waals surface area contributed by atoms with Crippen LogP contribution in [0.1, 0.15) is 42.6 Å². The number of Topliss-reactive ketones (excluding diaryl/α,β-unsaturated/α-hetero) is 1. The standard InChI is InChI=1S/C14H14O3/c1-8(2)10-5-4-6-11-12(7-10)17-14(16)13(11)9(3)15/h4-8H,1-3H3. The van der Waals surface area contributed by atoms with E-state index < -0.39 is 5.63 Å². The summed E-state index contributed by atoms with van der Waals surface area (Å²) in [4.78, 5) is 23.0. The largest absolute Gasteiger partial charge is 0.422 e. The number of hydrogen-bond acceptors (Lipinski definition) is 3. The fraction of sp³-hybridized carbons (Fsp3) is 0.286. The zero-order valence-electron chi connectivity index (χ0n) is 10.1. The van der Waals surface area contributed by atoms with Gasteiger partial charge in [-0.3, -0.25) is 4.79 Å². The van der Waals surface area contributed by atoms with Crippen molar-refractivity contribution in [2.45, 2.75) is 26.7 Å². The van der Waals surface area contributed by atoms with E-state index in [0.717, 1.165) is 5.56 Å². The molecular weight excluding hydrogens is 216 g/mol. The van der Waals surface area contributed by atoms with Gasteiger partial charge in [-0.2, -0.15) is 0 Å². The Hall–Kier alpha value is -1.90. The average molecular weight is 230 g/mol. The lowest BCUT2D eigenvalue weighted by Crippen LogP contribution is -2.06. The van der Waals surface area contributed by atoms with Gasteiger partial charge in [0, 0.05) is 5.56 Å². The fourth-order valence-corrected chi connectivity index (χ4v) is 1.86. The Morgan fingerprint density at radius 2 is 2.00 bits per heavy atom. The Morgan fingerprint density at radius 3 is 2.59 bits per heavy atom. The molecule has 2 aliphatic rings. The van der Waals surface area contributed by atoms with Crippen molar-refractivity contribution in [3.8, 4) is 11.3 Å². The molecule has 0 saturated carbocycles. The van der Waals surface area contributed by atoms with Gasteiger partial charge in [-0.25, -0.2) is 4.79 Å². The second-order valence-corrected chi connectivity index (χ2v) is 4.42. The summed E-state index contributed by atoms with van der Waals surface area (Å²) in [5.74, 6) is 0.562. The highest BCUT2D eigenvalue weighted by molar-refractivity contribution is 6.00. The fourth-order valence-electron chi connectivity index (χ4n) is 1.86. The molecule has 17 heavy (non-hydrogen) atoms. The quantitative estimate of drug-likeness (QED) is 0.745. The Labute approximate surface area is 99.4 Å². The monoisotopic (exact) mass is 230 g/mol. The molecule has 0 atom stereocenters. The van der Waals surface area contributed by atoms with E-state index in [4.69, 9.17) is 4.42 Å². The summed E-state index contributed by atoms with van der Waals surface area (Å²) in [5.41, 5.74) is 1.26. The summed E-state index contributed by atoms with van der Waals surface area (Å²) in [6.07, 6.45) is 0. The molecule has 0 aromatic heterocycles. The van der Waals surface area contributed by atoms with Gasteiger partial charge in [-0.05, 0) is 24.5 Å². The zero-order chi connectivity index (χ0) is 12.6. The average Bonchev–Trinajstić information content (AvgIpc) is 2.42. The third kappa shape index (κ3) is 2.00. The number of rotatable bonds is 2. The minimum Gasteiger partial charge on any atom is -0.422 e. The van der Waals surface area contributed by atoms with Gasteiger partial charge in [-0.1, -0.05) is 32.0 Å². The van der Waals surface area contributed by atoms with Crippen molar-refractivity contribution in [1.29, 1.82) is 0 Å². The van der Waals surface area contributed by atoms with E-state index in [2.05, 4.69) is 13.8 Å². The first-order valence-corrected chi connectivity index (χ1v) is 5.58. The molecule has 3 nitrogen and oxygen atoms in total. The van der Waals surface area contributed by atoms with Gasteiger partial charge in [0.25, 0.3) is 0 Å². The topological polar surface area (TPSA) is 47.3 Å². The van der Waals surface area contributed by atoms with E-state index in [-0.39, 0.29) is 11.3 Å². The lowest BCUT2D eigenvalue weighted by atomic mass is 10.0. The Morgan fingerprint density at radius 1 is 1.29 bits per heavy atom. The van der Waals surface area contributed by atoms with Gasteiger partial charge in [0.1, 0.15) is 11.3 Å². The summed E-state index contributed by atoms with van der Waals surface area (Å²) in [6, 6.07) is 7.39. The lowest BCUT2D eigenvalue weighted by Gasteiger charge is -2.00. The lowest BCUT2D eigenvalue weighted by molar-refractivity contribution is 0.101. The molecule has 0 saturated heterocycles. The van der Waals surface area contributed by atoms with E-state index in [1.54, 1.807) is 6.07 Å². The molecule has 0 N–H and O–H groups in total. The first-order valence-electron chi connectivity index (χ1n) is 5.58. The van der Waals surface area contributed by atoms with Crippen LogP contribution >= 0.6 is 0 Å². The summed E-state index contributed by atoms with van der Waals surface area (Å²) in [5, 5.41) is 0. The maximum absolute atomic E-state index is 11.6. The van der Waals surface area contributed by atoms with Crippen LogP contribution in [-0.2, 0) is 0 Å². The highest BCUT2D eigenvalue weighted by Gasteiger charge is 2.20. The molecule has 1 aliphatic carbocycles. The minimum absolute atomic E-state index is 0.144. The number of furan rings is 1. The zero-order valence-corrected chi connectivity index (χ0v) is 10.1. The van der Waals surface area contributed by atoms with Crippen LogP contribution in [0.15, 0.2) is 33.5 Å². The first-order chi connectivity index (χ1) is 8.00. The number of hydrogen-bond donors (Lipinski definition) is 0. The van der Waals surface area contributed by atoms with Crippen LogP contribution < -0.4 is 5.63 Å². The summed E-state index contributed by atoms with van der Waals surface area (Å²) < 4.78 is 5.13. The van der Waals surface area contributed by atoms with Crippen LogP contribution in [0.4, 0.5) is 0 Å². The second-order valence-electron chi connectivity index (χ2n) is 4.42. The normalized spacial score (nSPS) is 11.1. The number of fused-ring (bicyclic) bond motifs is 1. The maximum Gasteiger partial charge on any atom is 0.347 e. The van der Waals surface area contributed by atoms with Gasteiger partial charge in [0.15, 0.2) is 5.78 Å².